The summed E-state index contributed by atoms with van der Waals surface area (Å²) in [5.41, 5.74) is 4.84. The molecule has 0 aliphatic rings. The first-order valence-electron chi connectivity index (χ1n) is 20.5. The summed E-state index contributed by atoms with van der Waals surface area (Å²) in [7, 11) is 0. The third kappa shape index (κ3) is 17.4. The molecule has 2 aromatic heterocycles. The van der Waals surface area contributed by atoms with Crippen LogP contribution in [0.25, 0.3) is 24.3 Å². The molecule has 0 atom stereocenters. The third-order valence-electron chi connectivity index (χ3n) is 9.65. The number of rotatable bonds is 27. The van der Waals surface area contributed by atoms with E-state index < -0.39 is 0 Å². The molecule has 278 valence electrons. The predicted molar refractivity (Wildman–Crippen MR) is 220 cm³/mol. The number of benzene rings is 2. The van der Waals surface area contributed by atoms with E-state index in [2.05, 4.69) is 145 Å². The maximum absolute atomic E-state index is 5.90. The van der Waals surface area contributed by atoms with Gasteiger partial charge in [-0.05, 0) is 72.2 Å². The second-order valence-electron chi connectivity index (χ2n) is 14.2. The lowest BCUT2D eigenvalue weighted by Gasteiger charge is -2.06. The van der Waals surface area contributed by atoms with E-state index in [1.807, 2.05) is 0 Å². The van der Waals surface area contributed by atoms with Crippen molar-refractivity contribution in [3.05, 3.63) is 120 Å². The Morgan fingerprint density at radius 3 is 1.04 bits per heavy atom. The SMILES string of the molecule is CCCCCCCOc1ccc(/C=C\c2cc[n+](CCCCCCCC[n+]3ccc(/C=C\c4ccc(OCCCCCCC)cc4)cc3)cc2)cc1. The minimum atomic E-state index is 0.810. The van der Waals surface area contributed by atoms with E-state index in [-0.39, 0.29) is 0 Å². The van der Waals surface area contributed by atoms with E-state index >= 15 is 0 Å². The molecule has 52 heavy (non-hydrogen) atoms. The zero-order valence-corrected chi connectivity index (χ0v) is 32.4. The molecule has 4 nitrogen and oxygen atoms in total. The molecule has 4 heteroatoms. The fourth-order valence-electron chi connectivity index (χ4n) is 6.28. The molecule has 0 saturated heterocycles. The van der Waals surface area contributed by atoms with Crippen molar-refractivity contribution in [2.45, 2.75) is 130 Å². The number of ether oxygens (including phenoxy) is 2. The van der Waals surface area contributed by atoms with Crippen molar-refractivity contribution < 1.29 is 18.6 Å². The van der Waals surface area contributed by atoms with Crippen molar-refractivity contribution in [2.24, 2.45) is 0 Å². The molecule has 2 aromatic carbocycles. The van der Waals surface area contributed by atoms with Gasteiger partial charge in [-0.2, -0.15) is 0 Å². The summed E-state index contributed by atoms with van der Waals surface area (Å²) in [5, 5.41) is 0. The van der Waals surface area contributed by atoms with Gasteiger partial charge in [0.2, 0.25) is 0 Å². The van der Waals surface area contributed by atoms with Crippen LogP contribution in [0.4, 0.5) is 0 Å². The Morgan fingerprint density at radius 2 is 0.673 bits per heavy atom. The monoisotopic (exact) mass is 703 g/mol. The molecule has 0 amide bonds. The second-order valence-corrected chi connectivity index (χ2v) is 14.2. The maximum atomic E-state index is 5.90. The van der Waals surface area contributed by atoms with Crippen LogP contribution < -0.4 is 18.6 Å². The van der Waals surface area contributed by atoms with Crippen molar-refractivity contribution in [3.8, 4) is 11.5 Å². The van der Waals surface area contributed by atoms with E-state index in [1.165, 1.54) is 112 Å². The minimum absolute atomic E-state index is 0.810. The van der Waals surface area contributed by atoms with E-state index in [4.69, 9.17) is 9.47 Å². The van der Waals surface area contributed by atoms with E-state index in [9.17, 15) is 0 Å². The summed E-state index contributed by atoms with van der Waals surface area (Å²) in [5.74, 6) is 1.93. The van der Waals surface area contributed by atoms with E-state index in [0.29, 0.717) is 0 Å². The molecule has 4 rings (SSSR count). The molecule has 0 saturated carbocycles. The second kappa shape index (κ2) is 25.7. The van der Waals surface area contributed by atoms with Crippen LogP contribution in [-0.4, -0.2) is 13.2 Å². The number of unbranched alkanes of at least 4 members (excludes halogenated alkanes) is 13. The first-order chi connectivity index (χ1) is 25.7. The number of pyridine rings is 2. The number of nitrogens with zero attached hydrogens (tertiary/aromatic N) is 2. The van der Waals surface area contributed by atoms with Crippen molar-refractivity contribution in [1.82, 2.24) is 0 Å². The fraction of sp³-hybridized carbons (Fsp3) is 0.458. The molecule has 0 aliphatic carbocycles. The van der Waals surface area contributed by atoms with Gasteiger partial charge in [-0.1, -0.05) is 127 Å². The summed E-state index contributed by atoms with van der Waals surface area (Å²) >= 11 is 0. The minimum Gasteiger partial charge on any atom is -0.494 e. The molecule has 0 radical (unpaired) electrons. The molecular formula is C48H66N2O2+2. The fourth-order valence-corrected chi connectivity index (χ4v) is 6.28. The molecule has 0 N–H and O–H groups in total. The predicted octanol–water partition coefficient (Wildman–Crippen LogP) is 12.3. The maximum Gasteiger partial charge on any atom is 0.169 e. The Labute approximate surface area is 316 Å². The highest BCUT2D eigenvalue weighted by Crippen LogP contribution is 2.17. The smallest absolute Gasteiger partial charge is 0.169 e. The lowest BCUT2D eigenvalue weighted by Crippen LogP contribution is -2.32. The average molecular weight is 703 g/mol. The Balaban J connectivity index is 1.02. The number of aromatic nitrogens is 2. The van der Waals surface area contributed by atoms with Crippen LogP contribution in [0.3, 0.4) is 0 Å². The molecule has 0 fully saturated rings. The van der Waals surface area contributed by atoms with Gasteiger partial charge in [0.15, 0.2) is 24.8 Å². The number of hydrogen-bond donors (Lipinski definition) is 0. The zero-order chi connectivity index (χ0) is 36.3. The summed E-state index contributed by atoms with van der Waals surface area (Å²) in [6.45, 7) is 8.29. The molecule has 2 heterocycles. The van der Waals surface area contributed by atoms with Gasteiger partial charge >= 0.3 is 0 Å². The van der Waals surface area contributed by atoms with Crippen LogP contribution in [0.15, 0.2) is 97.6 Å². The molecule has 0 unspecified atom stereocenters. The van der Waals surface area contributed by atoms with Crippen LogP contribution >= 0.6 is 0 Å². The third-order valence-corrected chi connectivity index (χ3v) is 9.65. The van der Waals surface area contributed by atoms with Crippen molar-refractivity contribution in [2.75, 3.05) is 13.2 Å². The lowest BCUT2D eigenvalue weighted by atomic mass is 10.1. The van der Waals surface area contributed by atoms with Gasteiger partial charge in [-0.25, -0.2) is 9.13 Å². The first kappa shape index (κ1) is 40.6. The molecule has 0 aliphatic heterocycles. The first-order valence-corrected chi connectivity index (χ1v) is 20.5. The number of hydrogen-bond acceptors (Lipinski definition) is 2. The van der Waals surface area contributed by atoms with Crippen molar-refractivity contribution in [1.29, 1.82) is 0 Å². The van der Waals surface area contributed by atoms with Gasteiger partial charge in [-0.3, -0.25) is 0 Å². The zero-order valence-electron chi connectivity index (χ0n) is 32.4. The van der Waals surface area contributed by atoms with Gasteiger partial charge in [0.25, 0.3) is 0 Å². The summed E-state index contributed by atoms with van der Waals surface area (Å²) in [6.07, 6.45) is 37.8. The normalized spacial score (nSPS) is 11.5. The molecule has 0 spiro atoms. The quantitative estimate of drug-likeness (QED) is 0.0457. The Bertz CT molecular complexity index is 1400. The van der Waals surface area contributed by atoms with Crippen LogP contribution in [-0.2, 0) is 13.1 Å². The average Bonchev–Trinajstić information content (AvgIpc) is 3.19. The highest BCUT2D eigenvalue weighted by molar-refractivity contribution is 5.70. The standard InChI is InChI=1S/C48H66N2O2/c1-3-5-7-13-17-41-51-47-27-23-43(24-28-47)19-21-45-31-37-49(38-32-45)35-15-11-9-10-12-16-36-50-39-33-46(34-40-50)22-20-44-25-29-48(30-26-44)52-42-18-14-8-6-4-2/h19-34,37-40H,3-18,35-36,41-42H2,1-2H3/q+2/b21-19-,22-20-. The van der Waals surface area contributed by atoms with Gasteiger partial charge in [0.05, 0.1) is 13.2 Å². The lowest BCUT2D eigenvalue weighted by molar-refractivity contribution is -0.697. The largest absolute Gasteiger partial charge is 0.494 e. The summed E-state index contributed by atoms with van der Waals surface area (Å²) < 4.78 is 16.4. The highest BCUT2D eigenvalue weighted by atomic mass is 16.5. The summed E-state index contributed by atoms with van der Waals surface area (Å²) in [4.78, 5) is 0. The van der Waals surface area contributed by atoms with Crippen LogP contribution in [0, 0.1) is 0 Å². The van der Waals surface area contributed by atoms with E-state index in [0.717, 1.165) is 50.6 Å². The van der Waals surface area contributed by atoms with Crippen molar-refractivity contribution >= 4 is 24.3 Å². The van der Waals surface area contributed by atoms with E-state index in [1.54, 1.807) is 0 Å². The Hall–Kier alpha value is -4.18. The van der Waals surface area contributed by atoms with Crippen LogP contribution in [0.1, 0.15) is 139 Å². The van der Waals surface area contributed by atoms with Gasteiger partial charge in [-0.15, -0.1) is 0 Å². The van der Waals surface area contributed by atoms with Crippen LogP contribution in [0.2, 0.25) is 0 Å². The molecular weight excluding hydrogens is 637 g/mol. The number of aryl methyl sites for hydroxylation is 2. The Kier molecular flexibility index (Phi) is 20.1. The van der Waals surface area contributed by atoms with Gasteiger partial charge in [0.1, 0.15) is 24.6 Å². The molecule has 0 bridgehead atoms. The highest BCUT2D eigenvalue weighted by Gasteiger charge is 2.03. The van der Waals surface area contributed by atoms with Gasteiger partial charge < -0.3 is 9.47 Å². The van der Waals surface area contributed by atoms with Crippen LogP contribution in [0.5, 0.6) is 11.5 Å². The summed E-state index contributed by atoms with van der Waals surface area (Å²) in [6, 6.07) is 25.7. The van der Waals surface area contributed by atoms with Crippen molar-refractivity contribution in [3.63, 3.8) is 0 Å². The van der Waals surface area contributed by atoms with Gasteiger partial charge in [0, 0.05) is 37.1 Å². The molecule has 4 aromatic rings. The topological polar surface area (TPSA) is 26.2 Å². The Morgan fingerprint density at radius 1 is 0.365 bits per heavy atom.